The van der Waals surface area contributed by atoms with Gasteiger partial charge in [-0.2, -0.15) is 0 Å². The Morgan fingerprint density at radius 1 is 0.345 bits per heavy atom. The smallest absolute Gasteiger partial charge is 0.248 e. The van der Waals surface area contributed by atoms with Crippen molar-refractivity contribution in [1.82, 2.24) is 10.2 Å². The van der Waals surface area contributed by atoms with Crippen LogP contribution in [0.25, 0.3) is 45.2 Å². The van der Waals surface area contributed by atoms with Crippen molar-refractivity contribution in [2.75, 3.05) is 0 Å². The molecule has 0 aliphatic heterocycles. The average Bonchev–Trinajstić information content (AvgIpc) is 3.31. The van der Waals surface area contributed by atoms with Gasteiger partial charge in [-0.1, -0.05) is 84.9 Å². The van der Waals surface area contributed by atoms with Gasteiger partial charge in [0.15, 0.2) is 0 Å². The summed E-state index contributed by atoms with van der Waals surface area (Å²) in [4.78, 5) is 0. The molecular weight excluding hydrogens is 356 g/mol. The van der Waals surface area contributed by atoms with Gasteiger partial charge < -0.3 is 4.42 Å². The lowest BCUT2D eigenvalue weighted by Gasteiger charge is -2.02. The standard InChI is InChI=1S/C26H18N2O/c1-3-7-19(8-4-1)21-11-15-23(16-12-21)25-27-28-26(29-25)24-17-13-22(14-18-24)20-9-5-2-6-10-20/h1-18H. The van der Waals surface area contributed by atoms with Gasteiger partial charge in [0.25, 0.3) is 0 Å². The molecule has 4 aromatic carbocycles. The second kappa shape index (κ2) is 7.56. The van der Waals surface area contributed by atoms with Gasteiger partial charge in [-0.3, -0.25) is 0 Å². The predicted octanol–water partition coefficient (Wildman–Crippen LogP) is 6.74. The van der Waals surface area contributed by atoms with Crippen LogP contribution in [0.3, 0.4) is 0 Å². The van der Waals surface area contributed by atoms with Gasteiger partial charge in [0.1, 0.15) is 0 Å². The van der Waals surface area contributed by atoms with E-state index in [-0.39, 0.29) is 0 Å². The van der Waals surface area contributed by atoms with E-state index in [4.69, 9.17) is 4.42 Å². The molecule has 0 aliphatic rings. The molecule has 0 N–H and O–H groups in total. The van der Waals surface area contributed by atoms with E-state index in [1.54, 1.807) is 0 Å². The Kier molecular flexibility index (Phi) is 4.47. The van der Waals surface area contributed by atoms with Crippen LogP contribution >= 0.6 is 0 Å². The first kappa shape index (κ1) is 17.1. The minimum Gasteiger partial charge on any atom is -0.416 e. The van der Waals surface area contributed by atoms with Crippen molar-refractivity contribution in [3.05, 3.63) is 109 Å². The van der Waals surface area contributed by atoms with Gasteiger partial charge in [0.05, 0.1) is 0 Å². The maximum Gasteiger partial charge on any atom is 0.248 e. The lowest BCUT2D eigenvalue weighted by atomic mass is 10.0. The first-order chi connectivity index (χ1) is 14.4. The molecule has 0 saturated heterocycles. The summed E-state index contributed by atoms with van der Waals surface area (Å²) in [5, 5.41) is 8.46. The average molecular weight is 374 g/mol. The van der Waals surface area contributed by atoms with Gasteiger partial charge in [0.2, 0.25) is 11.8 Å². The van der Waals surface area contributed by atoms with E-state index in [1.807, 2.05) is 60.7 Å². The summed E-state index contributed by atoms with van der Waals surface area (Å²) in [5.41, 5.74) is 6.50. The molecule has 3 heteroatoms. The van der Waals surface area contributed by atoms with Gasteiger partial charge in [-0.25, -0.2) is 0 Å². The number of rotatable bonds is 4. The third-order valence-corrected chi connectivity index (χ3v) is 4.90. The van der Waals surface area contributed by atoms with Gasteiger partial charge in [-0.05, 0) is 46.5 Å². The predicted molar refractivity (Wildman–Crippen MR) is 116 cm³/mol. The Morgan fingerprint density at radius 2 is 0.655 bits per heavy atom. The summed E-state index contributed by atoms with van der Waals surface area (Å²) in [6, 6.07) is 36.9. The van der Waals surface area contributed by atoms with Crippen molar-refractivity contribution in [2.24, 2.45) is 0 Å². The molecule has 0 atom stereocenters. The minimum absolute atomic E-state index is 0.520. The Labute approximate surface area is 169 Å². The van der Waals surface area contributed by atoms with Crippen molar-refractivity contribution in [3.63, 3.8) is 0 Å². The van der Waals surface area contributed by atoms with E-state index in [0.717, 1.165) is 22.3 Å². The van der Waals surface area contributed by atoms with Crippen molar-refractivity contribution in [1.29, 1.82) is 0 Å². The fraction of sp³-hybridized carbons (Fsp3) is 0. The third-order valence-electron chi connectivity index (χ3n) is 4.90. The van der Waals surface area contributed by atoms with Crippen molar-refractivity contribution < 1.29 is 4.42 Å². The molecule has 0 saturated carbocycles. The molecule has 0 radical (unpaired) electrons. The maximum absolute atomic E-state index is 5.92. The van der Waals surface area contributed by atoms with Gasteiger partial charge >= 0.3 is 0 Å². The van der Waals surface area contributed by atoms with Crippen LogP contribution in [0.4, 0.5) is 0 Å². The Bertz CT molecular complexity index is 1110. The fourth-order valence-corrected chi connectivity index (χ4v) is 3.33. The van der Waals surface area contributed by atoms with Crippen LogP contribution in [0.15, 0.2) is 114 Å². The van der Waals surface area contributed by atoms with Crippen molar-refractivity contribution in [3.8, 4) is 45.2 Å². The van der Waals surface area contributed by atoms with E-state index in [9.17, 15) is 0 Å². The zero-order valence-corrected chi connectivity index (χ0v) is 15.7. The Hall–Kier alpha value is -3.98. The largest absolute Gasteiger partial charge is 0.416 e. The molecule has 1 aromatic heterocycles. The molecule has 29 heavy (non-hydrogen) atoms. The lowest BCUT2D eigenvalue weighted by molar-refractivity contribution is 0.584. The van der Waals surface area contributed by atoms with E-state index in [1.165, 1.54) is 11.1 Å². The summed E-state index contributed by atoms with van der Waals surface area (Å²) < 4.78 is 5.92. The number of nitrogens with zero attached hydrogens (tertiary/aromatic N) is 2. The maximum atomic E-state index is 5.92. The van der Waals surface area contributed by atoms with Crippen LogP contribution in [0.1, 0.15) is 0 Å². The van der Waals surface area contributed by atoms with Crippen LogP contribution in [0.5, 0.6) is 0 Å². The highest BCUT2D eigenvalue weighted by atomic mass is 16.4. The molecule has 1 heterocycles. The van der Waals surface area contributed by atoms with Crippen LogP contribution in [-0.2, 0) is 0 Å². The normalized spacial score (nSPS) is 10.8. The highest BCUT2D eigenvalue weighted by Crippen LogP contribution is 2.28. The van der Waals surface area contributed by atoms with Crippen LogP contribution < -0.4 is 0 Å². The Balaban J connectivity index is 1.38. The summed E-state index contributed by atoms with van der Waals surface area (Å²) in [6.45, 7) is 0. The monoisotopic (exact) mass is 374 g/mol. The summed E-state index contributed by atoms with van der Waals surface area (Å²) in [7, 11) is 0. The lowest BCUT2D eigenvalue weighted by Crippen LogP contribution is -1.80. The molecule has 5 aromatic rings. The van der Waals surface area contributed by atoms with E-state index >= 15 is 0 Å². The van der Waals surface area contributed by atoms with Crippen LogP contribution in [0, 0.1) is 0 Å². The number of hydrogen-bond donors (Lipinski definition) is 0. The second-order valence-electron chi connectivity index (χ2n) is 6.80. The highest BCUT2D eigenvalue weighted by Gasteiger charge is 2.11. The first-order valence-corrected chi connectivity index (χ1v) is 9.52. The SMILES string of the molecule is c1ccc(-c2ccc(-c3nnc(-c4ccc(-c5ccccc5)cc4)o3)cc2)cc1. The van der Waals surface area contributed by atoms with Gasteiger partial charge in [0, 0.05) is 11.1 Å². The van der Waals surface area contributed by atoms with Crippen LogP contribution in [-0.4, -0.2) is 10.2 Å². The quantitative estimate of drug-likeness (QED) is 0.350. The first-order valence-electron chi connectivity index (χ1n) is 9.52. The summed E-state index contributed by atoms with van der Waals surface area (Å²) in [6.07, 6.45) is 0. The summed E-state index contributed by atoms with van der Waals surface area (Å²) >= 11 is 0. The Morgan fingerprint density at radius 3 is 1.03 bits per heavy atom. The molecule has 0 unspecified atom stereocenters. The van der Waals surface area contributed by atoms with Crippen LogP contribution in [0.2, 0.25) is 0 Å². The number of aromatic nitrogens is 2. The molecule has 0 fully saturated rings. The molecular formula is C26H18N2O. The van der Waals surface area contributed by atoms with E-state index in [2.05, 4.69) is 58.7 Å². The zero-order valence-electron chi connectivity index (χ0n) is 15.7. The molecule has 0 aliphatic carbocycles. The molecule has 3 nitrogen and oxygen atoms in total. The molecule has 0 amide bonds. The third kappa shape index (κ3) is 3.58. The number of hydrogen-bond acceptors (Lipinski definition) is 3. The second-order valence-corrected chi connectivity index (χ2v) is 6.80. The number of benzene rings is 4. The molecule has 5 rings (SSSR count). The molecule has 0 spiro atoms. The zero-order chi connectivity index (χ0) is 19.5. The van der Waals surface area contributed by atoms with E-state index < -0.39 is 0 Å². The highest BCUT2D eigenvalue weighted by molar-refractivity contribution is 5.69. The van der Waals surface area contributed by atoms with Crippen molar-refractivity contribution in [2.45, 2.75) is 0 Å². The van der Waals surface area contributed by atoms with E-state index in [0.29, 0.717) is 11.8 Å². The van der Waals surface area contributed by atoms with Gasteiger partial charge in [-0.15, -0.1) is 10.2 Å². The summed E-state index contributed by atoms with van der Waals surface area (Å²) in [5.74, 6) is 1.04. The molecule has 0 bridgehead atoms. The van der Waals surface area contributed by atoms with Crippen molar-refractivity contribution >= 4 is 0 Å². The topological polar surface area (TPSA) is 38.9 Å². The molecule has 138 valence electrons. The minimum atomic E-state index is 0.520. The fourth-order valence-electron chi connectivity index (χ4n) is 3.33.